The molecule has 8 aromatic rings. The molecule has 53 heavy (non-hydrogen) atoms. The van der Waals surface area contributed by atoms with E-state index in [1.165, 1.54) is 49.6 Å². The molecule has 0 atom stereocenters. The molecule has 1 aliphatic rings. The van der Waals surface area contributed by atoms with Crippen molar-refractivity contribution < 1.29 is 0 Å². The minimum absolute atomic E-state index is 0.970. The number of hydrogen-bond donors (Lipinski definition) is 0. The molecule has 2 nitrogen and oxygen atoms in total. The van der Waals surface area contributed by atoms with E-state index in [0.717, 1.165) is 39.3 Å². The largest absolute Gasteiger partial charge is 0.316 e. The highest BCUT2D eigenvalue weighted by Crippen LogP contribution is 2.42. The Balaban J connectivity index is 1.14. The maximum absolute atomic E-state index is 4.55. The van der Waals surface area contributed by atoms with Crippen LogP contribution >= 0.6 is 0 Å². The van der Waals surface area contributed by atoms with Gasteiger partial charge in [0, 0.05) is 33.8 Å². The molecule has 0 saturated heterocycles. The number of rotatable bonds is 6. The summed E-state index contributed by atoms with van der Waals surface area (Å²) < 4.78 is 2.36. The summed E-state index contributed by atoms with van der Waals surface area (Å²) in [4.78, 5) is 2.31. The third kappa shape index (κ3) is 5.81. The second-order valence-corrected chi connectivity index (χ2v) is 13.4. The van der Waals surface area contributed by atoms with Crippen LogP contribution in [0.1, 0.15) is 23.6 Å². The van der Waals surface area contributed by atoms with Gasteiger partial charge in [-0.05, 0) is 107 Å². The van der Waals surface area contributed by atoms with Crippen molar-refractivity contribution in [3.63, 3.8) is 0 Å². The summed E-state index contributed by atoms with van der Waals surface area (Å²) in [5.74, 6) is 0. The van der Waals surface area contributed by atoms with Crippen LogP contribution in [0.4, 0.5) is 11.4 Å². The van der Waals surface area contributed by atoms with Crippen molar-refractivity contribution in [1.82, 2.24) is 4.57 Å². The molecule has 1 aromatic heterocycles. The first-order valence-electron chi connectivity index (χ1n) is 18.2. The van der Waals surface area contributed by atoms with Crippen molar-refractivity contribution in [2.24, 2.45) is 0 Å². The summed E-state index contributed by atoms with van der Waals surface area (Å²) in [6, 6.07) is 61.1. The SMILES string of the molecule is C=C1/C=C\C=C/N(c2ccccc2/C(=C\C)c2cccc(-c3ccccc3)c2)c2ccc(-c3ccc4c(c3)c3ccccc3n4-c3ccccc3)cc21. The third-order valence-corrected chi connectivity index (χ3v) is 10.3. The Bertz CT molecular complexity index is 2740. The first kappa shape index (κ1) is 32.0. The molecule has 0 N–H and O–H groups in total. The van der Waals surface area contributed by atoms with Crippen molar-refractivity contribution in [3.8, 4) is 27.9 Å². The normalized spacial score (nSPS) is 14.2. The lowest BCUT2D eigenvalue weighted by Crippen LogP contribution is -2.13. The number of fused-ring (bicyclic) bond motifs is 4. The predicted molar refractivity (Wildman–Crippen MR) is 227 cm³/mol. The first-order valence-corrected chi connectivity index (χ1v) is 18.2. The van der Waals surface area contributed by atoms with Crippen LogP contribution < -0.4 is 4.90 Å². The summed E-state index contributed by atoms with van der Waals surface area (Å²) in [6.07, 6.45) is 10.7. The van der Waals surface area contributed by atoms with Crippen LogP contribution in [0, 0.1) is 0 Å². The first-order chi connectivity index (χ1) is 26.2. The molecule has 0 saturated carbocycles. The van der Waals surface area contributed by atoms with Crippen LogP contribution in [0.25, 0.3) is 60.9 Å². The number of allylic oxidation sites excluding steroid dienone is 5. The molecule has 0 aliphatic carbocycles. The molecule has 0 bridgehead atoms. The molecule has 0 fully saturated rings. The number of hydrogen-bond acceptors (Lipinski definition) is 1. The average Bonchev–Trinajstić information content (AvgIpc) is 3.55. The highest BCUT2D eigenvalue weighted by molar-refractivity contribution is 6.10. The number of benzene rings is 7. The molecule has 9 rings (SSSR count). The van der Waals surface area contributed by atoms with E-state index in [1.807, 2.05) is 0 Å². The van der Waals surface area contributed by atoms with Crippen LogP contribution in [0.2, 0.25) is 0 Å². The van der Waals surface area contributed by atoms with Crippen LogP contribution in [-0.2, 0) is 0 Å². The highest BCUT2D eigenvalue weighted by atomic mass is 15.1. The average molecular weight is 679 g/mol. The van der Waals surface area contributed by atoms with Gasteiger partial charge in [-0.25, -0.2) is 0 Å². The Morgan fingerprint density at radius 3 is 2.06 bits per heavy atom. The fourth-order valence-electron chi connectivity index (χ4n) is 7.76. The van der Waals surface area contributed by atoms with E-state index in [4.69, 9.17) is 0 Å². The van der Waals surface area contributed by atoms with Crippen LogP contribution in [0.5, 0.6) is 0 Å². The van der Waals surface area contributed by atoms with Crippen molar-refractivity contribution >= 4 is 44.3 Å². The Hall–Kier alpha value is -6.90. The molecule has 2 heterocycles. The number of nitrogens with zero attached hydrogens (tertiary/aromatic N) is 2. The Labute approximate surface area is 311 Å². The van der Waals surface area contributed by atoms with E-state index in [1.54, 1.807) is 0 Å². The van der Waals surface area contributed by atoms with E-state index in [9.17, 15) is 0 Å². The van der Waals surface area contributed by atoms with Gasteiger partial charge in [-0.2, -0.15) is 0 Å². The highest BCUT2D eigenvalue weighted by Gasteiger charge is 2.20. The van der Waals surface area contributed by atoms with Gasteiger partial charge >= 0.3 is 0 Å². The van der Waals surface area contributed by atoms with E-state index in [2.05, 4.69) is 223 Å². The maximum Gasteiger partial charge on any atom is 0.0541 e. The fraction of sp³-hybridized carbons (Fsp3) is 0.0196. The zero-order chi connectivity index (χ0) is 35.7. The van der Waals surface area contributed by atoms with E-state index in [-0.39, 0.29) is 0 Å². The molecule has 0 unspecified atom stereocenters. The van der Waals surface area contributed by atoms with Crippen LogP contribution in [0.15, 0.2) is 207 Å². The van der Waals surface area contributed by atoms with Crippen molar-refractivity contribution in [2.45, 2.75) is 6.92 Å². The Morgan fingerprint density at radius 2 is 1.21 bits per heavy atom. The summed E-state index contributed by atoms with van der Waals surface area (Å²) in [5.41, 5.74) is 16.1. The molecule has 2 heteroatoms. The zero-order valence-electron chi connectivity index (χ0n) is 29.7. The molecule has 0 radical (unpaired) electrons. The third-order valence-electron chi connectivity index (χ3n) is 10.3. The molecular formula is C51H38N2. The predicted octanol–water partition coefficient (Wildman–Crippen LogP) is 13.8. The van der Waals surface area contributed by atoms with Crippen LogP contribution in [-0.4, -0.2) is 4.57 Å². The lowest BCUT2D eigenvalue weighted by atomic mass is 9.92. The second kappa shape index (κ2) is 13.7. The molecule has 7 aromatic carbocycles. The van der Waals surface area contributed by atoms with Crippen molar-refractivity contribution in [1.29, 1.82) is 0 Å². The fourth-order valence-corrected chi connectivity index (χ4v) is 7.76. The number of para-hydroxylation sites is 3. The summed E-state index contributed by atoms with van der Waals surface area (Å²) in [7, 11) is 0. The maximum atomic E-state index is 4.55. The molecule has 0 spiro atoms. The van der Waals surface area contributed by atoms with Gasteiger partial charge in [-0.15, -0.1) is 0 Å². The van der Waals surface area contributed by atoms with E-state index < -0.39 is 0 Å². The lowest BCUT2D eigenvalue weighted by Gasteiger charge is -2.28. The summed E-state index contributed by atoms with van der Waals surface area (Å²) >= 11 is 0. The van der Waals surface area contributed by atoms with E-state index >= 15 is 0 Å². The Kier molecular flexibility index (Phi) is 8.26. The van der Waals surface area contributed by atoms with Crippen molar-refractivity contribution in [3.05, 3.63) is 224 Å². The zero-order valence-corrected chi connectivity index (χ0v) is 29.7. The molecule has 0 amide bonds. The summed E-state index contributed by atoms with van der Waals surface area (Å²) in [6.45, 7) is 6.67. The molecule has 1 aliphatic heterocycles. The Morgan fingerprint density at radius 1 is 0.528 bits per heavy atom. The smallest absolute Gasteiger partial charge is 0.0541 e. The van der Waals surface area contributed by atoms with Gasteiger partial charge < -0.3 is 9.47 Å². The second-order valence-electron chi connectivity index (χ2n) is 13.4. The quantitative estimate of drug-likeness (QED) is 0.170. The van der Waals surface area contributed by atoms with Crippen molar-refractivity contribution in [2.75, 3.05) is 4.90 Å². The van der Waals surface area contributed by atoms with Gasteiger partial charge in [0.25, 0.3) is 0 Å². The van der Waals surface area contributed by atoms with Gasteiger partial charge in [0.05, 0.1) is 22.4 Å². The minimum Gasteiger partial charge on any atom is -0.316 e. The van der Waals surface area contributed by atoms with Crippen LogP contribution in [0.3, 0.4) is 0 Å². The monoisotopic (exact) mass is 678 g/mol. The van der Waals surface area contributed by atoms with Gasteiger partial charge in [0.1, 0.15) is 0 Å². The minimum atomic E-state index is 0.970. The standard InChI is InChI=1S/C51H38N2/c1-3-43(41-21-16-20-38(33-41)37-18-6-4-7-19-37)44-24-10-12-26-48(44)52-32-15-14-17-36(2)46-34-39(28-30-49(46)52)40-29-31-51-47(35-40)45-25-11-13-27-50(45)53(51)42-22-8-5-9-23-42/h3-35H,2H2,1H3/b17-14-,32-15-,43-3-. The van der Waals surface area contributed by atoms with Gasteiger partial charge in [-0.1, -0.05) is 140 Å². The van der Waals surface area contributed by atoms with E-state index in [0.29, 0.717) is 0 Å². The molecular weight excluding hydrogens is 641 g/mol. The lowest BCUT2D eigenvalue weighted by molar-refractivity contribution is 1.18. The van der Waals surface area contributed by atoms with Gasteiger partial charge in [0.15, 0.2) is 0 Å². The number of aromatic nitrogens is 1. The van der Waals surface area contributed by atoms with Gasteiger partial charge in [0.2, 0.25) is 0 Å². The molecule has 252 valence electrons. The van der Waals surface area contributed by atoms with Gasteiger partial charge in [-0.3, -0.25) is 0 Å². The number of anilines is 2. The summed E-state index contributed by atoms with van der Waals surface area (Å²) in [5, 5.41) is 2.48. The topological polar surface area (TPSA) is 8.17 Å².